The van der Waals surface area contributed by atoms with Crippen molar-refractivity contribution in [1.29, 1.82) is 0 Å². The van der Waals surface area contributed by atoms with Crippen molar-refractivity contribution >= 4 is 23.4 Å². The number of alkyl halides is 1. The van der Waals surface area contributed by atoms with Crippen molar-refractivity contribution in [3.63, 3.8) is 0 Å². The fraction of sp³-hybridized carbons (Fsp3) is 0.385. The maximum absolute atomic E-state index is 11.2. The first-order valence-electron chi connectivity index (χ1n) is 5.26. The molecule has 3 nitrogen and oxygen atoms in total. The minimum Gasteiger partial charge on any atom is -0.469 e. The van der Waals surface area contributed by atoms with Gasteiger partial charge in [0.15, 0.2) is 5.78 Å². The second-order valence-corrected chi connectivity index (χ2v) is 4.35. The second-order valence-electron chi connectivity index (χ2n) is 3.92. The predicted octanol–water partition coefficient (Wildman–Crippen LogP) is 2.58. The first-order valence-corrected chi connectivity index (χ1v) is 5.70. The summed E-state index contributed by atoms with van der Waals surface area (Å²) >= 11 is 5.99. The minimum atomic E-state index is -0.623. The van der Waals surface area contributed by atoms with Gasteiger partial charge in [0.25, 0.3) is 0 Å². The van der Waals surface area contributed by atoms with Crippen LogP contribution < -0.4 is 0 Å². The van der Waals surface area contributed by atoms with E-state index in [9.17, 15) is 9.59 Å². The second kappa shape index (κ2) is 5.82. The third-order valence-corrected chi connectivity index (χ3v) is 3.08. The lowest BCUT2D eigenvalue weighted by Crippen LogP contribution is -2.07. The number of ketones is 1. The first-order chi connectivity index (χ1) is 7.95. The zero-order chi connectivity index (χ0) is 13.0. The summed E-state index contributed by atoms with van der Waals surface area (Å²) in [6.45, 7) is 3.33. The fourth-order valence-corrected chi connectivity index (χ4v) is 1.83. The van der Waals surface area contributed by atoms with Gasteiger partial charge in [-0.25, -0.2) is 0 Å². The van der Waals surface area contributed by atoms with Gasteiger partial charge in [-0.2, -0.15) is 0 Å². The molecule has 0 aliphatic heterocycles. The molecule has 0 fully saturated rings. The van der Waals surface area contributed by atoms with Crippen LogP contribution in [-0.2, 0) is 20.7 Å². The number of aryl methyl sites for hydroxylation is 1. The third-order valence-electron chi connectivity index (χ3n) is 2.54. The Morgan fingerprint density at radius 3 is 2.53 bits per heavy atom. The molecule has 1 aromatic carbocycles. The van der Waals surface area contributed by atoms with E-state index in [1.807, 2.05) is 13.0 Å². The highest BCUT2D eigenvalue weighted by atomic mass is 35.5. The molecule has 0 N–H and O–H groups in total. The Bertz CT molecular complexity index is 440. The summed E-state index contributed by atoms with van der Waals surface area (Å²) in [5.74, 6) is -0.373. The molecule has 0 aromatic heterocycles. The van der Waals surface area contributed by atoms with Crippen LogP contribution >= 0.6 is 11.6 Å². The Balaban J connectivity index is 2.94. The fourth-order valence-electron chi connectivity index (χ4n) is 1.59. The highest BCUT2D eigenvalue weighted by Crippen LogP contribution is 2.25. The van der Waals surface area contributed by atoms with E-state index in [0.29, 0.717) is 0 Å². The van der Waals surface area contributed by atoms with E-state index >= 15 is 0 Å². The van der Waals surface area contributed by atoms with Crippen LogP contribution in [0.3, 0.4) is 0 Å². The van der Waals surface area contributed by atoms with Crippen LogP contribution in [0.1, 0.15) is 29.0 Å². The number of ether oxygens (including phenoxy) is 1. The molecule has 0 aliphatic rings. The standard InChI is InChI=1S/C13H15ClO3/c1-8-6-10(7-12(16)17-3)4-5-11(8)13(14)9(2)15/h4-6,13H,7H2,1-3H3. The van der Waals surface area contributed by atoms with Gasteiger partial charge < -0.3 is 4.74 Å². The van der Waals surface area contributed by atoms with Crippen LogP contribution in [-0.4, -0.2) is 18.9 Å². The molecule has 0 spiro atoms. The van der Waals surface area contributed by atoms with E-state index in [2.05, 4.69) is 4.74 Å². The van der Waals surface area contributed by atoms with Crippen molar-refractivity contribution in [2.45, 2.75) is 25.6 Å². The molecular formula is C13H15ClO3. The van der Waals surface area contributed by atoms with E-state index < -0.39 is 5.38 Å². The number of carbonyl (C=O) groups is 2. The maximum Gasteiger partial charge on any atom is 0.309 e. The van der Waals surface area contributed by atoms with Gasteiger partial charge in [-0.05, 0) is 30.5 Å². The highest BCUT2D eigenvalue weighted by Gasteiger charge is 2.15. The topological polar surface area (TPSA) is 43.4 Å². The Labute approximate surface area is 106 Å². The number of methoxy groups -OCH3 is 1. The van der Waals surface area contributed by atoms with Crippen molar-refractivity contribution in [3.05, 3.63) is 34.9 Å². The average Bonchev–Trinajstić information content (AvgIpc) is 2.28. The number of hydrogen-bond donors (Lipinski definition) is 0. The van der Waals surface area contributed by atoms with Crippen molar-refractivity contribution < 1.29 is 14.3 Å². The van der Waals surface area contributed by atoms with Crippen molar-refractivity contribution in [3.8, 4) is 0 Å². The van der Waals surface area contributed by atoms with Crippen molar-refractivity contribution in [2.24, 2.45) is 0 Å². The molecule has 0 saturated carbocycles. The number of rotatable bonds is 4. The van der Waals surface area contributed by atoms with E-state index in [4.69, 9.17) is 11.6 Å². The zero-order valence-corrected chi connectivity index (χ0v) is 10.9. The summed E-state index contributed by atoms with van der Waals surface area (Å²) in [6, 6.07) is 5.43. The number of halogens is 1. The molecule has 92 valence electrons. The van der Waals surface area contributed by atoms with Crippen LogP contribution in [0.15, 0.2) is 18.2 Å². The number of hydrogen-bond acceptors (Lipinski definition) is 3. The first kappa shape index (κ1) is 13.7. The lowest BCUT2D eigenvalue weighted by molar-refractivity contribution is -0.139. The molecule has 1 aromatic rings. The smallest absolute Gasteiger partial charge is 0.309 e. The monoisotopic (exact) mass is 254 g/mol. The predicted molar refractivity (Wildman–Crippen MR) is 66.2 cm³/mol. The van der Waals surface area contributed by atoms with Gasteiger partial charge in [0.1, 0.15) is 5.38 Å². The molecule has 0 saturated heterocycles. The molecule has 1 rings (SSSR count). The summed E-state index contributed by atoms with van der Waals surface area (Å²) in [5.41, 5.74) is 2.54. The average molecular weight is 255 g/mol. The molecule has 0 aliphatic carbocycles. The Kier molecular flexibility index (Phi) is 4.70. The third kappa shape index (κ3) is 3.56. The molecule has 0 amide bonds. The van der Waals surface area contributed by atoms with E-state index in [1.165, 1.54) is 14.0 Å². The van der Waals surface area contributed by atoms with Gasteiger partial charge in [-0.1, -0.05) is 18.2 Å². The van der Waals surface area contributed by atoms with Crippen LogP contribution in [0.25, 0.3) is 0 Å². The Hall–Kier alpha value is -1.35. The molecule has 1 atom stereocenters. The van der Waals surface area contributed by atoms with Crippen LogP contribution in [0.2, 0.25) is 0 Å². The van der Waals surface area contributed by atoms with Gasteiger partial charge >= 0.3 is 5.97 Å². The number of benzene rings is 1. The van der Waals surface area contributed by atoms with E-state index in [0.717, 1.165) is 16.7 Å². The summed E-state index contributed by atoms with van der Waals surface area (Å²) < 4.78 is 4.59. The Morgan fingerprint density at radius 2 is 2.06 bits per heavy atom. The lowest BCUT2D eigenvalue weighted by Gasteiger charge is -2.11. The Morgan fingerprint density at radius 1 is 1.41 bits per heavy atom. The molecule has 0 radical (unpaired) electrons. The van der Waals surface area contributed by atoms with Crippen molar-refractivity contribution in [1.82, 2.24) is 0 Å². The molecule has 4 heteroatoms. The highest BCUT2D eigenvalue weighted by molar-refractivity contribution is 6.30. The molecule has 17 heavy (non-hydrogen) atoms. The van der Waals surface area contributed by atoms with E-state index in [1.54, 1.807) is 12.1 Å². The summed E-state index contributed by atoms with van der Waals surface area (Å²) in [6.07, 6.45) is 0.227. The van der Waals surface area contributed by atoms with Gasteiger partial charge in [0.05, 0.1) is 13.5 Å². The van der Waals surface area contributed by atoms with Crippen LogP contribution in [0.4, 0.5) is 0 Å². The largest absolute Gasteiger partial charge is 0.469 e. The number of Topliss-reactive ketones (excluding diaryl/α,β-unsaturated/α-hetero) is 1. The van der Waals surface area contributed by atoms with E-state index in [-0.39, 0.29) is 18.2 Å². The normalized spacial score (nSPS) is 12.0. The van der Waals surface area contributed by atoms with Crippen LogP contribution in [0, 0.1) is 6.92 Å². The summed E-state index contributed by atoms with van der Waals surface area (Å²) in [7, 11) is 1.36. The zero-order valence-electron chi connectivity index (χ0n) is 10.1. The molecule has 1 unspecified atom stereocenters. The van der Waals surface area contributed by atoms with Gasteiger partial charge in [0, 0.05) is 0 Å². The minimum absolute atomic E-state index is 0.0875. The van der Waals surface area contributed by atoms with Gasteiger partial charge in [-0.15, -0.1) is 11.6 Å². The summed E-state index contributed by atoms with van der Waals surface area (Å²) in [5, 5.41) is -0.623. The van der Waals surface area contributed by atoms with Crippen molar-refractivity contribution in [2.75, 3.05) is 7.11 Å². The SMILES string of the molecule is COC(=O)Cc1ccc(C(Cl)C(C)=O)c(C)c1. The van der Waals surface area contributed by atoms with Gasteiger partial charge in [-0.3, -0.25) is 9.59 Å². The quantitative estimate of drug-likeness (QED) is 0.613. The lowest BCUT2D eigenvalue weighted by atomic mass is 9.99. The molecule has 0 bridgehead atoms. The van der Waals surface area contributed by atoms with Crippen LogP contribution in [0.5, 0.6) is 0 Å². The molecular weight excluding hydrogens is 240 g/mol. The molecule has 0 heterocycles. The van der Waals surface area contributed by atoms with Gasteiger partial charge in [0.2, 0.25) is 0 Å². The number of esters is 1. The summed E-state index contributed by atoms with van der Waals surface area (Å²) in [4.78, 5) is 22.3. The number of carbonyl (C=O) groups excluding carboxylic acids is 2. The maximum atomic E-state index is 11.2.